The second-order valence-corrected chi connectivity index (χ2v) is 6.85. The molecular formula is C17H33N3O. The van der Waals surface area contributed by atoms with E-state index in [-0.39, 0.29) is 5.91 Å². The van der Waals surface area contributed by atoms with Gasteiger partial charge in [0.15, 0.2) is 0 Å². The largest absolute Gasteiger partial charge is 0.368 e. The van der Waals surface area contributed by atoms with Gasteiger partial charge in [-0.25, -0.2) is 0 Å². The Morgan fingerprint density at radius 1 is 1.14 bits per heavy atom. The molecule has 0 aromatic heterocycles. The number of rotatable bonds is 6. The van der Waals surface area contributed by atoms with E-state index in [0.717, 1.165) is 38.4 Å². The molecule has 0 aliphatic heterocycles. The van der Waals surface area contributed by atoms with Crippen molar-refractivity contribution in [2.45, 2.75) is 89.3 Å². The van der Waals surface area contributed by atoms with Crippen LogP contribution < -0.4 is 11.1 Å². The fraction of sp³-hybridized carbons (Fsp3) is 0.941. The summed E-state index contributed by atoms with van der Waals surface area (Å²) in [4.78, 5) is 14.7. The number of primary amides is 1. The van der Waals surface area contributed by atoms with Crippen LogP contribution in [0.15, 0.2) is 0 Å². The van der Waals surface area contributed by atoms with Crippen molar-refractivity contribution < 1.29 is 4.79 Å². The Balaban J connectivity index is 2.08. The minimum absolute atomic E-state index is 0.159. The van der Waals surface area contributed by atoms with Crippen LogP contribution in [-0.2, 0) is 4.79 Å². The smallest absolute Gasteiger partial charge is 0.237 e. The van der Waals surface area contributed by atoms with Gasteiger partial charge in [0, 0.05) is 12.1 Å². The first-order valence-electron chi connectivity index (χ1n) is 8.93. The molecule has 21 heavy (non-hydrogen) atoms. The highest BCUT2D eigenvalue weighted by atomic mass is 16.1. The van der Waals surface area contributed by atoms with Crippen LogP contribution in [0.5, 0.6) is 0 Å². The van der Waals surface area contributed by atoms with E-state index >= 15 is 0 Å². The summed E-state index contributed by atoms with van der Waals surface area (Å²) in [5, 5.41) is 3.41. The molecule has 2 aliphatic rings. The molecule has 1 amide bonds. The van der Waals surface area contributed by atoms with Crippen LogP contribution in [0.4, 0.5) is 0 Å². The van der Waals surface area contributed by atoms with Crippen LogP contribution in [-0.4, -0.2) is 41.5 Å². The Bertz CT molecular complexity index is 337. The average Bonchev–Trinajstić information content (AvgIpc) is 2.50. The Kier molecular flexibility index (Phi) is 6.06. The first kappa shape index (κ1) is 16.8. The molecule has 0 saturated heterocycles. The van der Waals surface area contributed by atoms with Crippen LogP contribution in [0.1, 0.15) is 71.6 Å². The highest BCUT2D eigenvalue weighted by Crippen LogP contribution is 2.34. The van der Waals surface area contributed by atoms with Gasteiger partial charge < -0.3 is 11.1 Å². The first-order chi connectivity index (χ1) is 10.1. The Morgan fingerprint density at radius 3 is 2.38 bits per heavy atom. The van der Waals surface area contributed by atoms with Crippen molar-refractivity contribution in [3.63, 3.8) is 0 Å². The zero-order chi connectivity index (χ0) is 15.3. The molecule has 0 aromatic carbocycles. The maximum Gasteiger partial charge on any atom is 0.237 e. The molecule has 2 unspecified atom stereocenters. The second-order valence-electron chi connectivity index (χ2n) is 6.85. The number of likely N-dealkylation sites (N-methyl/N-ethyl adjacent to an activating group) is 1. The zero-order valence-corrected chi connectivity index (χ0v) is 13.9. The number of nitrogens with two attached hydrogens (primary N) is 1. The van der Waals surface area contributed by atoms with Gasteiger partial charge in [-0.05, 0) is 51.6 Å². The van der Waals surface area contributed by atoms with E-state index in [2.05, 4.69) is 24.1 Å². The lowest BCUT2D eigenvalue weighted by Crippen LogP contribution is -2.61. The minimum atomic E-state index is -0.472. The van der Waals surface area contributed by atoms with Gasteiger partial charge in [-0.2, -0.15) is 0 Å². The third-order valence-corrected chi connectivity index (χ3v) is 5.59. The van der Waals surface area contributed by atoms with Gasteiger partial charge in [-0.1, -0.05) is 33.1 Å². The van der Waals surface area contributed by atoms with E-state index in [4.69, 9.17) is 5.73 Å². The zero-order valence-electron chi connectivity index (χ0n) is 13.9. The molecule has 0 spiro atoms. The highest BCUT2D eigenvalue weighted by molar-refractivity contribution is 5.84. The van der Waals surface area contributed by atoms with E-state index in [1.807, 2.05) is 0 Å². The van der Waals surface area contributed by atoms with E-state index in [1.165, 1.54) is 38.5 Å². The van der Waals surface area contributed by atoms with Crippen molar-refractivity contribution in [2.75, 3.05) is 13.1 Å². The molecule has 0 aromatic rings. The summed E-state index contributed by atoms with van der Waals surface area (Å²) in [5.74, 6) is -0.159. The second kappa shape index (κ2) is 7.59. The molecule has 2 aliphatic carbocycles. The number of hydrogen-bond acceptors (Lipinski definition) is 3. The lowest BCUT2D eigenvalue weighted by atomic mass is 9.77. The van der Waals surface area contributed by atoms with Crippen molar-refractivity contribution in [3.05, 3.63) is 0 Å². The van der Waals surface area contributed by atoms with E-state index in [1.54, 1.807) is 0 Å². The Labute approximate surface area is 129 Å². The lowest BCUT2D eigenvalue weighted by Gasteiger charge is -2.46. The molecule has 4 nitrogen and oxygen atoms in total. The summed E-state index contributed by atoms with van der Waals surface area (Å²) in [6, 6.07) is 1.23. The average molecular weight is 295 g/mol. The molecule has 0 bridgehead atoms. The fourth-order valence-corrected chi connectivity index (χ4v) is 4.57. The van der Waals surface area contributed by atoms with Gasteiger partial charge in [0.2, 0.25) is 5.91 Å². The molecule has 2 fully saturated rings. The molecular weight excluding hydrogens is 262 g/mol. The standard InChI is InChI=1S/C17H33N3O/c1-3-19-17(16(18)21)12-8-11-15(13-17)20(4-2)14-9-6-5-7-10-14/h14-15,19H,3-13H2,1-2H3,(H2,18,21). The van der Waals surface area contributed by atoms with Crippen molar-refractivity contribution in [1.29, 1.82) is 0 Å². The third kappa shape index (κ3) is 3.78. The molecule has 3 N–H and O–H groups in total. The summed E-state index contributed by atoms with van der Waals surface area (Å²) in [6.07, 6.45) is 10.9. The maximum atomic E-state index is 12.0. The third-order valence-electron chi connectivity index (χ3n) is 5.59. The van der Waals surface area contributed by atoms with E-state index in [0.29, 0.717) is 6.04 Å². The van der Waals surface area contributed by atoms with Gasteiger partial charge in [0.25, 0.3) is 0 Å². The number of carbonyl (C=O) groups is 1. The summed E-state index contributed by atoms with van der Waals surface area (Å²) in [5.41, 5.74) is 5.28. The summed E-state index contributed by atoms with van der Waals surface area (Å²) < 4.78 is 0. The maximum absolute atomic E-state index is 12.0. The number of nitrogens with one attached hydrogen (secondary N) is 1. The topological polar surface area (TPSA) is 58.4 Å². The fourth-order valence-electron chi connectivity index (χ4n) is 4.57. The number of amides is 1. The minimum Gasteiger partial charge on any atom is -0.368 e. The molecule has 0 heterocycles. The molecule has 2 rings (SSSR count). The monoisotopic (exact) mass is 295 g/mol. The highest BCUT2D eigenvalue weighted by Gasteiger charge is 2.43. The van der Waals surface area contributed by atoms with E-state index in [9.17, 15) is 4.79 Å². The van der Waals surface area contributed by atoms with Crippen molar-refractivity contribution in [3.8, 4) is 0 Å². The molecule has 122 valence electrons. The van der Waals surface area contributed by atoms with Crippen molar-refractivity contribution in [1.82, 2.24) is 10.2 Å². The van der Waals surface area contributed by atoms with Crippen LogP contribution in [0, 0.1) is 0 Å². The molecule has 4 heteroatoms. The van der Waals surface area contributed by atoms with Gasteiger partial charge >= 0.3 is 0 Å². The Hall–Kier alpha value is -0.610. The molecule has 2 atom stereocenters. The van der Waals surface area contributed by atoms with Gasteiger partial charge in [-0.3, -0.25) is 9.69 Å². The first-order valence-corrected chi connectivity index (χ1v) is 8.93. The quantitative estimate of drug-likeness (QED) is 0.791. The van der Waals surface area contributed by atoms with E-state index < -0.39 is 5.54 Å². The summed E-state index contributed by atoms with van der Waals surface area (Å²) >= 11 is 0. The molecule has 0 radical (unpaired) electrons. The van der Waals surface area contributed by atoms with Crippen LogP contribution in [0.25, 0.3) is 0 Å². The van der Waals surface area contributed by atoms with Crippen LogP contribution in [0.2, 0.25) is 0 Å². The van der Waals surface area contributed by atoms with Gasteiger partial charge in [0.05, 0.1) is 5.54 Å². The normalized spacial score (nSPS) is 31.5. The van der Waals surface area contributed by atoms with Gasteiger partial charge in [0.1, 0.15) is 0 Å². The number of carbonyl (C=O) groups excluding carboxylic acids is 1. The van der Waals surface area contributed by atoms with Crippen molar-refractivity contribution in [2.24, 2.45) is 5.73 Å². The number of hydrogen-bond donors (Lipinski definition) is 2. The van der Waals surface area contributed by atoms with Crippen molar-refractivity contribution >= 4 is 5.91 Å². The molecule has 2 saturated carbocycles. The summed E-state index contributed by atoms with van der Waals surface area (Å²) in [7, 11) is 0. The SMILES string of the molecule is CCNC1(C(N)=O)CCCC(N(CC)C2CCCCC2)C1. The van der Waals surface area contributed by atoms with Gasteiger partial charge in [-0.15, -0.1) is 0 Å². The lowest BCUT2D eigenvalue weighted by molar-refractivity contribution is -0.127. The summed E-state index contributed by atoms with van der Waals surface area (Å²) in [6.45, 7) is 6.23. The van der Waals surface area contributed by atoms with Crippen LogP contribution >= 0.6 is 0 Å². The predicted octanol–water partition coefficient (Wildman–Crippen LogP) is 2.42. The predicted molar refractivity (Wildman–Crippen MR) is 87.1 cm³/mol. The number of nitrogens with zero attached hydrogens (tertiary/aromatic N) is 1. The Morgan fingerprint density at radius 2 is 1.81 bits per heavy atom. The van der Waals surface area contributed by atoms with Crippen LogP contribution in [0.3, 0.4) is 0 Å².